The van der Waals surface area contributed by atoms with E-state index in [-0.39, 0.29) is 4.90 Å². The van der Waals surface area contributed by atoms with Gasteiger partial charge in [-0.15, -0.1) is 0 Å². The summed E-state index contributed by atoms with van der Waals surface area (Å²) in [5, 5.41) is 5.28. The smallest absolute Gasteiger partial charge is 0.238 e. The van der Waals surface area contributed by atoms with Crippen LogP contribution in [0.3, 0.4) is 0 Å². The van der Waals surface area contributed by atoms with E-state index in [0.717, 1.165) is 22.4 Å². The highest BCUT2D eigenvalue weighted by Gasteiger charge is 2.15. The summed E-state index contributed by atoms with van der Waals surface area (Å²) < 4.78 is 28.4. The molecule has 0 aliphatic carbocycles. The fraction of sp³-hybridized carbons (Fsp3) is 0.200. The summed E-state index contributed by atoms with van der Waals surface area (Å²) in [6.07, 6.45) is 0.516. The maximum absolute atomic E-state index is 11.7. The Balaban J connectivity index is 2.42. The first-order valence-corrected chi connectivity index (χ1v) is 7.70. The van der Waals surface area contributed by atoms with Gasteiger partial charge in [-0.2, -0.15) is 0 Å². The zero-order chi connectivity index (χ0) is 14.8. The number of sulfonamides is 1. The molecule has 5 heteroatoms. The van der Waals surface area contributed by atoms with Crippen molar-refractivity contribution in [1.82, 2.24) is 0 Å². The molecule has 0 saturated heterocycles. The summed E-state index contributed by atoms with van der Waals surface area (Å²) >= 11 is 0. The van der Waals surface area contributed by atoms with Crippen molar-refractivity contribution in [3.63, 3.8) is 0 Å². The van der Waals surface area contributed by atoms with Gasteiger partial charge in [0, 0.05) is 0 Å². The lowest BCUT2D eigenvalue weighted by Gasteiger charge is -2.11. The molecule has 106 valence electrons. The molecule has 2 aromatic rings. The highest BCUT2D eigenvalue weighted by molar-refractivity contribution is 7.89. The van der Waals surface area contributed by atoms with E-state index >= 15 is 0 Å². The van der Waals surface area contributed by atoms with Crippen LogP contribution >= 0.6 is 0 Å². The summed E-state index contributed by atoms with van der Waals surface area (Å²) in [4.78, 5) is 0.188. The average Bonchev–Trinajstić information content (AvgIpc) is 2.40. The largest absolute Gasteiger partial charge is 0.497 e. The van der Waals surface area contributed by atoms with Crippen LogP contribution in [0.15, 0.2) is 47.4 Å². The van der Waals surface area contributed by atoms with Crippen LogP contribution in [0.25, 0.3) is 0 Å². The summed E-state index contributed by atoms with van der Waals surface area (Å²) in [7, 11) is -2.11. The van der Waals surface area contributed by atoms with E-state index in [4.69, 9.17) is 9.88 Å². The number of hydrogen-bond donors (Lipinski definition) is 1. The summed E-state index contributed by atoms with van der Waals surface area (Å²) in [6.45, 7) is 1.88. The second-order valence-corrected chi connectivity index (χ2v) is 6.15. The number of methoxy groups -OCH3 is 1. The molecular weight excluding hydrogens is 274 g/mol. The van der Waals surface area contributed by atoms with Gasteiger partial charge in [0.1, 0.15) is 5.75 Å². The van der Waals surface area contributed by atoms with Gasteiger partial charge in [0.15, 0.2) is 0 Å². The molecule has 0 aromatic heterocycles. The Hall–Kier alpha value is -1.85. The number of nitrogens with two attached hydrogens (primary N) is 1. The van der Waals surface area contributed by atoms with Gasteiger partial charge in [-0.25, -0.2) is 13.6 Å². The van der Waals surface area contributed by atoms with Crippen molar-refractivity contribution in [3.05, 3.63) is 59.2 Å². The quantitative estimate of drug-likeness (QED) is 0.939. The van der Waals surface area contributed by atoms with E-state index < -0.39 is 10.0 Å². The fourth-order valence-electron chi connectivity index (χ4n) is 2.12. The van der Waals surface area contributed by atoms with Crippen LogP contribution in [0.5, 0.6) is 5.75 Å². The second-order valence-electron chi connectivity index (χ2n) is 4.62. The van der Waals surface area contributed by atoms with Gasteiger partial charge in [-0.3, -0.25) is 0 Å². The van der Waals surface area contributed by atoms with E-state index in [9.17, 15) is 8.42 Å². The van der Waals surface area contributed by atoms with Crippen molar-refractivity contribution in [2.75, 3.05) is 7.11 Å². The molecule has 0 atom stereocenters. The zero-order valence-corrected chi connectivity index (χ0v) is 12.3. The first-order chi connectivity index (χ1) is 9.41. The van der Waals surface area contributed by atoms with Gasteiger partial charge < -0.3 is 4.74 Å². The number of rotatable bonds is 4. The Morgan fingerprint density at radius 3 is 2.30 bits per heavy atom. The maximum Gasteiger partial charge on any atom is 0.238 e. The number of ether oxygens (including phenoxy) is 1. The average molecular weight is 291 g/mol. The topological polar surface area (TPSA) is 69.4 Å². The molecule has 0 unspecified atom stereocenters. The van der Waals surface area contributed by atoms with Crippen molar-refractivity contribution >= 4 is 10.0 Å². The Morgan fingerprint density at radius 1 is 1.10 bits per heavy atom. The highest BCUT2D eigenvalue weighted by Crippen LogP contribution is 2.22. The van der Waals surface area contributed by atoms with Crippen LogP contribution in [-0.2, 0) is 16.4 Å². The second kappa shape index (κ2) is 5.64. The van der Waals surface area contributed by atoms with E-state index in [1.54, 1.807) is 19.2 Å². The molecule has 0 aliphatic rings. The lowest BCUT2D eigenvalue weighted by Crippen LogP contribution is -2.15. The minimum atomic E-state index is -3.71. The third-order valence-corrected chi connectivity index (χ3v) is 4.21. The summed E-state index contributed by atoms with van der Waals surface area (Å²) in [5.74, 6) is 0.769. The van der Waals surface area contributed by atoms with Crippen molar-refractivity contribution in [3.8, 4) is 5.75 Å². The molecule has 0 amide bonds. The molecule has 0 aliphatic heterocycles. The van der Waals surface area contributed by atoms with Crippen molar-refractivity contribution in [1.29, 1.82) is 0 Å². The van der Waals surface area contributed by atoms with Crippen LogP contribution < -0.4 is 9.88 Å². The Bertz CT molecular complexity index is 706. The summed E-state index contributed by atoms with van der Waals surface area (Å²) in [5.41, 5.74) is 2.65. The first kappa shape index (κ1) is 14.6. The molecule has 2 N–H and O–H groups in total. The van der Waals surface area contributed by atoms with Crippen LogP contribution in [0.4, 0.5) is 0 Å². The van der Waals surface area contributed by atoms with Gasteiger partial charge in [0.2, 0.25) is 10.0 Å². The third-order valence-electron chi connectivity index (χ3n) is 3.21. The normalized spacial score (nSPS) is 11.3. The molecular formula is C15H17NO3S. The molecule has 0 radical (unpaired) electrons. The Labute approximate surface area is 119 Å². The molecule has 2 aromatic carbocycles. The van der Waals surface area contributed by atoms with E-state index in [2.05, 4.69) is 0 Å². The van der Waals surface area contributed by atoms with Gasteiger partial charge in [-0.05, 0) is 48.2 Å². The van der Waals surface area contributed by atoms with E-state index in [1.165, 1.54) is 0 Å². The monoisotopic (exact) mass is 291 g/mol. The first-order valence-electron chi connectivity index (χ1n) is 6.16. The maximum atomic E-state index is 11.7. The van der Waals surface area contributed by atoms with Gasteiger partial charge in [0.05, 0.1) is 12.0 Å². The highest BCUT2D eigenvalue weighted by atomic mass is 32.2. The minimum Gasteiger partial charge on any atom is -0.497 e. The lowest BCUT2D eigenvalue weighted by molar-refractivity contribution is 0.414. The van der Waals surface area contributed by atoms with Crippen LogP contribution in [0.1, 0.15) is 16.7 Å². The Kier molecular flexibility index (Phi) is 4.11. The van der Waals surface area contributed by atoms with Crippen LogP contribution in [-0.4, -0.2) is 15.5 Å². The van der Waals surface area contributed by atoms with Gasteiger partial charge >= 0.3 is 0 Å². The van der Waals surface area contributed by atoms with E-state index in [0.29, 0.717) is 6.42 Å². The predicted octanol–water partition coefficient (Wildman–Crippen LogP) is 2.24. The standard InChI is InChI=1S/C15H17NO3S/c1-11-4-3-5-15(20(16,17)18)14(11)10-12-6-8-13(19-2)9-7-12/h3-9H,10H2,1-2H3,(H2,16,17,18). The van der Waals surface area contributed by atoms with E-state index in [1.807, 2.05) is 37.3 Å². The Morgan fingerprint density at radius 2 is 1.75 bits per heavy atom. The molecule has 4 nitrogen and oxygen atoms in total. The van der Waals surface area contributed by atoms with Crippen molar-refractivity contribution < 1.29 is 13.2 Å². The molecule has 0 heterocycles. The van der Waals surface area contributed by atoms with Crippen LogP contribution in [0, 0.1) is 6.92 Å². The molecule has 20 heavy (non-hydrogen) atoms. The third kappa shape index (κ3) is 3.18. The molecule has 0 saturated carbocycles. The van der Waals surface area contributed by atoms with Crippen molar-refractivity contribution in [2.45, 2.75) is 18.2 Å². The summed E-state index contributed by atoms with van der Waals surface area (Å²) in [6, 6.07) is 12.7. The van der Waals surface area contributed by atoms with Gasteiger partial charge in [0.25, 0.3) is 0 Å². The minimum absolute atomic E-state index is 0.188. The van der Waals surface area contributed by atoms with Crippen LogP contribution in [0.2, 0.25) is 0 Å². The molecule has 0 bridgehead atoms. The number of hydrogen-bond acceptors (Lipinski definition) is 3. The predicted molar refractivity (Wildman–Crippen MR) is 78.4 cm³/mol. The SMILES string of the molecule is COc1ccc(Cc2c(C)cccc2S(N)(=O)=O)cc1. The number of benzene rings is 2. The molecule has 0 spiro atoms. The van der Waals surface area contributed by atoms with Crippen molar-refractivity contribution in [2.24, 2.45) is 5.14 Å². The molecule has 2 rings (SSSR count). The fourth-order valence-corrected chi connectivity index (χ4v) is 2.96. The zero-order valence-electron chi connectivity index (χ0n) is 11.5. The number of aryl methyl sites for hydroxylation is 1. The molecule has 0 fully saturated rings. The lowest BCUT2D eigenvalue weighted by atomic mass is 10.0. The number of primary sulfonamides is 1. The van der Waals surface area contributed by atoms with Gasteiger partial charge in [-0.1, -0.05) is 24.3 Å².